The van der Waals surface area contributed by atoms with Crippen molar-refractivity contribution < 1.29 is 9.53 Å². The van der Waals surface area contributed by atoms with Crippen molar-refractivity contribution in [3.8, 4) is 0 Å². The smallest absolute Gasteiger partial charge is 0.136 e. The van der Waals surface area contributed by atoms with Gasteiger partial charge in [-0.15, -0.1) is 0 Å². The summed E-state index contributed by atoms with van der Waals surface area (Å²) in [5, 5.41) is 3.56. The van der Waals surface area contributed by atoms with Crippen molar-refractivity contribution in [3.63, 3.8) is 0 Å². The van der Waals surface area contributed by atoms with Crippen molar-refractivity contribution >= 4 is 5.78 Å². The normalized spacial score (nSPS) is 25.4. The van der Waals surface area contributed by atoms with E-state index < -0.39 is 0 Å². The first kappa shape index (κ1) is 22.2. The van der Waals surface area contributed by atoms with Gasteiger partial charge in [-0.1, -0.05) is 49.8 Å². The number of morpholine rings is 1. The van der Waals surface area contributed by atoms with Crippen LogP contribution in [0.1, 0.15) is 50.7 Å². The molecule has 1 N–H and O–H groups in total. The summed E-state index contributed by atoms with van der Waals surface area (Å²) in [5.74, 6) is 0.759. The van der Waals surface area contributed by atoms with Crippen LogP contribution in [0.25, 0.3) is 0 Å². The molecule has 2 atom stereocenters. The van der Waals surface area contributed by atoms with Crippen LogP contribution in [-0.2, 0) is 22.5 Å². The molecule has 1 saturated heterocycles. The fraction of sp³-hybridized carbons (Fsp3) is 0.640. The number of hydrogen-bond donors (Lipinski definition) is 1. The lowest BCUT2D eigenvalue weighted by Crippen LogP contribution is -2.37. The molecule has 160 valence electrons. The van der Waals surface area contributed by atoms with Crippen molar-refractivity contribution in [2.75, 3.05) is 39.4 Å². The van der Waals surface area contributed by atoms with Crippen LogP contribution in [0.2, 0.25) is 0 Å². The fourth-order valence-corrected chi connectivity index (χ4v) is 5.11. The third-order valence-corrected chi connectivity index (χ3v) is 6.88. The molecule has 1 aliphatic carbocycles. The van der Waals surface area contributed by atoms with E-state index in [1.54, 1.807) is 6.92 Å². The van der Waals surface area contributed by atoms with E-state index in [0.717, 1.165) is 71.6 Å². The Morgan fingerprint density at radius 2 is 1.93 bits per heavy atom. The molecule has 0 amide bonds. The summed E-state index contributed by atoms with van der Waals surface area (Å²) in [6.07, 6.45) is 4.91. The monoisotopic (exact) mass is 398 g/mol. The van der Waals surface area contributed by atoms with E-state index in [1.165, 1.54) is 23.1 Å². The maximum absolute atomic E-state index is 12.6. The third kappa shape index (κ3) is 5.78. The van der Waals surface area contributed by atoms with Crippen LogP contribution in [0, 0.1) is 11.3 Å². The number of Topliss-reactive ketones (excluding diaryl/α,β-unsaturated/α-hetero) is 1. The molecule has 1 heterocycles. The SMILES string of the molecule is C=C1CC(CC)C(Cc2ccc(CNCCCN3CCOCC3)cc2)(C(C)=O)C1. The number of nitrogens with one attached hydrogen (secondary N) is 1. The number of nitrogens with zero attached hydrogens (tertiary/aromatic N) is 1. The minimum atomic E-state index is -0.245. The Bertz CT molecular complexity index is 679. The summed E-state index contributed by atoms with van der Waals surface area (Å²) in [5.41, 5.74) is 3.57. The molecule has 2 fully saturated rings. The number of hydrogen-bond acceptors (Lipinski definition) is 4. The van der Waals surface area contributed by atoms with Crippen LogP contribution in [0.3, 0.4) is 0 Å². The number of carbonyl (C=O) groups is 1. The fourth-order valence-electron chi connectivity index (χ4n) is 5.11. The number of carbonyl (C=O) groups excluding carboxylic acids is 1. The molecule has 1 aromatic rings. The Morgan fingerprint density at radius 3 is 2.59 bits per heavy atom. The van der Waals surface area contributed by atoms with Crippen LogP contribution in [-0.4, -0.2) is 50.1 Å². The zero-order chi connectivity index (χ0) is 20.7. The van der Waals surface area contributed by atoms with Gasteiger partial charge in [0.05, 0.1) is 13.2 Å². The molecule has 0 bridgehead atoms. The lowest BCUT2D eigenvalue weighted by atomic mass is 9.69. The molecule has 3 rings (SSSR count). The predicted octanol–water partition coefficient (Wildman–Crippen LogP) is 3.99. The summed E-state index contributed by atoms with van der Waals surface area (Å²) < 4.78 is 5.39. The lowest BCUT2D eigenvalue weighted by Gasteiger charge is -2.32. The first-order valence-corrected chi connectivity index (χ1v) is 11.3. The van der Waals surface area contributed by atoms with Gasteiger partial charge < -0.3 is 10.1 Å². The van der Waals surface area contributed by atoms with Crippen molar-refractivity contribution in [1.29, 1.82) is 0 Å². The molecule has 1 aromatic carbocycles. The molecule has 1 aliphatic heterocycles. The molecule has 0 aromatic heterocycles. The van der Waals surface area contributed by atoms with Gasteiger partial charge in [0.1, 0.15) is 5.78 Å². The standard InChI is InChI=1S/C25H38N2O2/c1-4-24-16-20(2)17-25(24,21(3)28)18-22-6-8-23(9-7-22)19-26-10-5-11-27-12-14-29-15-13-27/h6-9,24,26H,2,4-5,10-19H2,1,3H3. The second kappa shape index (κ2) is 10.5. The van der Waals surface area contributed by atoms with E-state index in [2.05, 4.69) is 48.0 Å². The van der Waals surface area contributed by atoms with Gasteiger partial charge in [0.2, 0.25) is 0 Å². The van der Waals surface area contributed by atoms with Gasteiger partial charge in [-0.05, 0) is 62.7 Å². The van der Waals surface area contributed by atoms with Crippen molar-refractivity contribution in [1.82, 2.24) is 10.2 Å². The Kier molecular flexibility index (Phi) is 8.05. The summed E-state index contributed by atoms with van der Waals surface area (Å²) in [4.78, 5) is 15.1. The predicted molar refractivity (Wildman–Crippen MR) is 119 cm³/mol. The van der Waals surface area contributed by atoms with Crippen molar-refractivity contribution in [3.05, 3.63) is 47.5 Å². The first-order valence-electron chi connectivity index (χ1n) is 11.3. The Balaban J connectivity index is 1.46. The highest BCUT2D eigenvalue weighted by Crippen LogP contribution is 2.50. The maximum atomic E-state index is 12.6. The third-order valence-electron chi connectivity index (χ3n) is 6.88. The number of ether oxygens (including phenoxy) is 1. The molecule has 0 spiro atoms. The molecule has 2 unspecified atom stereocenters. The highest BCUT2D eigenvalue weighted by molar-refractivity contribution is 5.84. The summed E-state index contributed by atoms with van der Waals surface area (Å²) in [6, 6.07) is 8.85. The molecular weight excluding hydrogens is 360 g/mol. The molecule has 29 heavy (non-hydrogen) atoms. The van der Waals surface area contributed by atoms with E-state index in [0.29, 0.717) is 11.7 Å². The summed E-state index contributed by atoms with van der Waals surface area (Å²) >= 11 is 0. The Hall–Kier alpha value is -1.49. The van der Waals surface area contributed by atoms with Crippen LogP contribution in [0.5, 0.6) is 0 Å². The minimum absolute atomic E-state index is 0.245. The largest absolute Gasteiger partial charge is 0.379 e. The Morgan fingerprint density at radius 1 is 1.24 bits per heavy atom. The molecule has 1 saturated carbocycles. The van der Waals surface area contributed by atoms with E-state index in [9.17, 15) is 4.79 Å². The highest BCUT2D eigenvalue weighted by atomic mass is 16.5. The van der Waals surface area contributed by atoms with Gasteiger partial charge in [0, 0.05) is 25.0 Å². The molecule has 4 heteroatoms. The average molecular weight is 399 g/mol. The minimum Gasteiger partial charge on any atom is -0.379 e. The molecular formula is C25H38N2O2. The van der Waals surface area contributed by atoms with Gasteiger partial charge >= 0.3 is 0 Å². The quantitative estimate of drug-likeness (QED) is 0.478. The van der Waals surface area contributed by atoms with E-state index >= 15 is 0 Å². The van der Waals surface area contributed by atoms with Crippen LogP contribution < -0.4 is 5.32 Å². The van der Waals surface area contributed by atoms with Crippen LogP contribution in [0.15, 0.2) is 36.4 Å². The van der Waals surface area contributed by atoms with Gasteiger partial charge in [0.25, 0.3) is 0 Å². The summed E-state index contributed by atoms with van der Waals surface area (Å²) in [7, 11) is 0. The van der Waals surface area contributed by atoms with Crippen LogP contribution in [0.4, 0.5) is 0 Å². The highest BCUT2D eigenvalue weighted by Gasteiger charge is 2.47. The van der Waals surface area contributed by atoms with Crippen molar-refractivity contribution in [2.24, 2.45) is 11.3 Å². The van der Waals surface area contributed by atoms with Gasteiger partial charge in [-0.25, -0.2) is 0 Å². The van der Waals surface area contributed by atoms with Gasteiger partial charge in [0.15, 0.2) is 0 Å². The topological polar surface area (TPSA) is 41.6 Å². The molecule has 4 nitrogen and oxygen atoms in total. The van der Waals surface area contributed by atoms with Crippen molar-refractivity contribution in [2.45, 2.75) is 52.5 Å². The van der Waals surface area contributed by atoms with E-state index in [1.807, 2.05) is 0 Å². The number of allylic oxidation sites excluding steroid dienone is 1. The second-order valence-electron chi connectivity index (χ2n) is 8.93. The van der Waals surface area contributed by atoms with E-state index in [-0.39, 0.29) is 5.41 Å². The molecule has 2 aliphatic rings. The summed E-state index contributed by atoms with van der Waals surface area (Å²) in [6.45, 7) is 15.1. The van der Waals surface area contributed by atoms with E-state index in [4.69, 9.17) is 4.74 Å². The molecule has 0 radical (unpaired) electrons. The van der Waals surface area contributed by atoms with Gasteiger partial charge in [-0.3, -0.25) is 9.69 Å². The number of benzene rings is 1. The van der Waals surface area contributed by atoms with Gasteiger partial charge in [-0.2, -0.15) is 0 Å². The van der Waals surface area contributed by atoms with Crippen LogP contribution >= 0.6 is 0 Å². The Labute approximate surface area is 176 Å². The first-order chi connectivity index (χ1) is 14.0. The second-order valence-corrected chi connectivity index (χ2v) is 8.93. The number of ketones is 1. The maximum Gasteiger partial charge on any atom is 0.136 e. The lowest BCUT2D eigenvalue weighted by molar-refractivity contribution is -0.128. The zero-order valence-corrected chi connectivity index (χ0v) is 18.3. The average Bonchev–Trinajstić information content (AvgIpc) is 3.06. The zero-order valence-electron chi connectivity index (χ0n) is 18.3. The number of rotatable bonds is 10.